The zero-order chi connectivity index (χ0) is 33.8. The summed E-state index contributed by atoms with van der Waals surface area (Å²) in [5.74, 6) is 0. The smallest absolute Gasteiger partial charge is 0.347 e. The lowest BCUT2D eigenvalue weighted by Crippen LogP contribution is -2.61. The first-order chi connectivity index (χ1) is 23.3. The molecular formula is C38H47N2O7P. The number of nitrogens with zero attached hydrogens (tertiary/aromatic N) is 2. The van der Waals surface area contributed by atoms with Crippen LogP contribution in [0.15, 0.2) is 121 Å². The number of ether oxygens (including phenoxy) is 5. The average molecular weight is 675 g/mol. The van der Waals surface area contributed by atoms with Crippen molar-refractivity contribution in [2.24, 2.45) is 0 Å². The van der Waals surface area contributed by atoms with Crippen LogP contribution < -0.4 is 0 Å². The molecule has 1 aliphatic heterocycles. The number of rotatable bonds is 17. The van der Waals surface area contributed by atoms with Gasteiger partial charge in [0, 0.05) is 0 Å². The molecular weight excluding hydrogens is 627 g/mol. The number of hydrogen-bond donors (Lipinski definition) is 0. The Balaban J connectivity index is 1.50. The zero-order valence-electron chi connectivity index (χ0n) is 28.2. The van der Waals surface area contributed by atoms with Gasteiger partial charge in [-0.25, -0.2) is 9.34 Å². The Morgan fingerprint density at radius 3 is 1.33 bits per heavy atom. The Morgan fingerprint density at radius 1 is 0.542 bits per heavy atom. The number of hydrogen-bond acceptors (Lipinski definition) is 7. The van der Waals surface area contributed by atoms with Crippen molar-refractivity contribution in [1.29, 1.82) is 0 Å². The van der Waals surface area contributed by atoms with Crippen LogP contribution in [0.1, 0.15) is 22.3 Å². The molecule has 4 aromatic rings. The van der Waals surface area contributed by atoms with Gasteiger partial charge in [0.05, 0.1) is 33.0 Å². The molecule has 1 aliphatic rings. The normalized spacial score (nSPS) is 21.5. The van der Waals surface area contributed by atoms with Gasteiger partial charge >= 0.3 is 7.67 Å². The van der Waals surface area contributed by atoms with Gasteiger partial charge in [-0.1, -0.05) is 121 Å². The molecule has 9 nitrogen and oxygen atoms in total. The van der Waals surface area contributed by atoms with E-state index in [2.05, 4.69) is 0 Å². The molecule has 0 amide bonds. The second-order valence-electron chi connectivity index (χ2n) is 12.1. The van der Waals surface area contributed by atoms with Gasteiger partial charge in [-0.2, -0.15) is 0 Å². The minimum Gasteiger partial charge on any atom is -0.374 e. The van der Waals surface area contributed by atoms with Crippen molar-refractivity contribution in [2.75, 3.05) is 34.8 Å². The lowest BCUT2D eigenvalue weighted by Gasteiger charge is -2.47. The maximum absolute atomic E-state index is 14.3. The molecule has 0 N–H and O–H groups in total. The van der Waals surface area contributed by atoms with Crippen LogP contribution in [-0.2, 0) is 59.2 Å². The molecule has 0 saturated carbocycles. The first kappa shape index (κ1) is 36.1. The maximum atomic E-state index is 14.3. The average Bonchev–Trinajstić information content (AvgIpc) is 3.11. The van der Waals surface area contributed by atoms with Gasteiger partial charge in [-0.15, -0.1) is 0 Å². The van der Waals surface area contributed by atoms with Gasteiger partial charge in [0.2, 0.25) is 0 Å². The SMILES string of the molecule is CN(C)P(=O)(O[C@H]1O[C@H](COCc2ccccc2)[C@H](OCc2ccccc2)[C@H](OCc2ccccc2)[C@H]1OCc1ccccc1)N(C)C. The standard InChI is InChI=1S/C38H47N2O7P/c1-39(2)48(41,40(3)4)47-38-37(45-28-33-23-15-8-16-24-33)36(44-27-32-21-13-7-14-22-32)35(43-26-31-19-11-6-12-20-31)34(46-38)29-42-25-30-17-9-5-10-18-30/h5-24,34-38H,25-29H2,1-4H3/t34-,35+,36+,37-,38-/m1/s1. The second-order valence-corrected chi connectivity index (χ2v) is 14.9. The topological polar surface area (TPSA) is 78.9 Å². The minimum atomic E-state index is -3.53. The maximum Gasteiger partial charge on any atom is 0.347 e. The lowest BCUT2D eigenvalue weighted by atomic mass is 9.98. The molecule has 0 bridgehead atoms. The molecule has 1 heterocycles. The van der Waals surface area contributed by atoms with Crippen LogP contribution in [0.25, 0.3) is 0 Å². The van der Waals surface area contributed by atoms with Crippen LogP contribution >= 0.6 is 7.67 Å². The molecule has 4 aromatic carbocycles. The summed E-state index contributed by atoms with van der Waals surface area (Å²) in [6.07, 6.45) is -3.83. The van der Waals surface area contributed by atoms with Crippen LogP contribution in [0, 0.1) is 0 Å². The molecule has 0 aromatic heterocycles. The van der Waals surface area contributed by atoms with Crippen molar-refractivity contribution in [3.8, 4) is 0 Å². The molecule has 1 fully saturated rings. The number of benzene rings is 4. The Kier molecular flexibility index (Phi) is 13.5. The third-order valence-corrected chi connectivity index (χ3v) is 10.6. The fourth-order valence-electron chi connectivity index (χ4n) is 5.51. The molecule has 48 heavy (non-hydrogen) atoms. The van der Waals surface area contributed by atoms with Gasteiger partial charge in [0.1, 0.15) is 24.4 Å². The van der Waals surface area contributed by atoms with Crippen LogP contribution in [-0.4, -0.2) is 74.8 Å². The van der Waals surface area contributed by atoms with E-state index in [4.69, 9.17) is 28.2 Å². The highest BCUT2D eigenvalue weighted by Gasteiger charge is 2.51. The third-order valence-electron chi connectivity index (χ3n) is 8.09. The third kappa shape index (κ3) is 9.92. The first-order valence-corrected chi connectivity index (χ1v) is 17.7. The van der Waals surface area contributed by atoms with E-state index in [1.54, 1.807) is 37.5 Å². The van der Waals surface area contributed by atoms with Crippen molar-refractivity contribution in [3.05, 3.63) is 144 Å². The monoisotopic (exact) mass is 674 g/mol. The summed E-state index contributed by atoms with van der Waals surface area (Å²) in [6, 6.07) is 39.8. The molecule has 0 unspecified atom stereocenters. The van der Waals surface area contributed by atoms with Crippen molar-refractivity contribution >= 4 is 7.67 Å². The Morgan fingerprint density at radius 2 is 0.917 bits per heavy atom. The summed E-state index contributed by atoms with van der Waals surface area (Å²) in [6.45, 7) is 1.44. The van der Waals surface area contributed by atoms with Gasteiger partial charge < -0.3 is 23.7 Å². The van der Waals surface area contributed by atoms with Gasteiger partial charge in [0.25, 0.3) is 0 Å². The Labute approximate surface area is 284 Å². The molecule has 0 radical (unpaired) electrons. The van der Waals surface area contributed by atoms with E-state index in [1.165, 1.54) is 0 Å². The fraction of sp³-hybridized carbons (Fsp3) is 0.368. The van der Waals surface area contributed by atoms with Crippen molar-refractivity contribution in [1.82, 2.24) is 9.34 Å². The summed E-state index contributed by atoms with van der Waals surface area (Å²) in [7, 11) is 3.36. The lowest BCUT2D eigenvalue weighted by molar-refractivity contribution is -0.311. The molecule has 0 spiro atoms. The van der Waals surface area contributed by atoms with E-state index in [1.807, 2.05) is 121 Å². The Hall–Kier alpha value is -3.21. The van der Waals surface area contributed by atoms with Crippen molar-refractivity contribution in [3.63, 3.8) is 0 Å². The molecule has 5 rings (SSSR count). The van der Waals surface area contributed by atoms with E-state index in [0.29, 0.717) is 19.8 Å². The molecule has 10 heteroatoms. The highest BCUT2D eigenvalue weighted by Crippen LogP contribution is 2.53. The van der Waals surface area contributed by atoms with Crippen LogP contribution in [0.5, 0.6) is 0 Å². The Bertz CT molecular complexity index is 1520. The highest BCUT2D eigenvalue weighted by atomic mass is 31.2. The quantitative estimate of drug-likeness (QED) is 0.111. The van der Waals surface area contributed by atoms with E-state index in [9.17, 15) is 4.57 Å². The zero-order valence-corrected chi connectivity index (χ0v) is 29.1. The molecule has 256 valence electrons. The summed E-state index contributed by atoms with van der Waals surface area (Å²) in [5.41, 5.74) is 4.01. The predicted octanol–water partition coefficient (Wildman–Crippen LogP) is 6.93. The predicted molar refractivity (Wildman–Crippen MR) is 186 cm³/mol. The van der Waals surface area contributed by atoms with Gasteiger partial charge in [-0.05, 0) is 50.4 Å². The fourth-order valence-corrected chi connectivity index (χ4v) is 7.05. The summed E-state index contributed by atoms with van der Waals surface area (Å²) in [5, 5.41) is 0. The summed E-state index contributed by atoms with van der Waals surface area (Å²) >= 11 is 0. The van der Waals surface area contributed by atoms with Crippen LogP contribution in [0.3, 0.4) is 0 Å². The summed E-state index contributed by atoms with van der Waals surface area (Å²) < 4.78 is 56.9. The molecule has 0 aliphatic carbocycles. The molecule has 1 saturated heterocycles. The van der Waals surface area contributed by atoms with Gasteiger partial charge in [0.15, 0.2) is 6.29 Å². The van der Waals surface area contributed by atoms with Crippen molar-refractivity contribution in [2.45, 2.75) is 57.1 Å². The van der Waals surface area contributed by atoms with E-state index >= 15 is 0 Å². The molecule has 5 atom stereocenters. The summed E-state index contributed by atoms with van der Waals surface area (Å²) in [4.78, 5) is 0. The second kappa shape index (κ2) is 18.0. The largest absolute Gasteiger partial charge is 0.374 e. The van der Waals surface area contributed by atoms with Crippen LogP contribution in [0.2, 0.25) is 0 Å². The van der Waals surface area contributed by atoms with Crippen molar-refractivity contribution < 1.29 is 32.8 Å². The minimum absolute atomic E-state index is 0.180. The van der Waals surface area contributed by atoms with E-state index < -0.39 is 38.4 Å². The highest BCUT2D eigenvalue weighted by molar-refractivity contribution is 7.53. The van der Waals surface area contributed by atoms with Gasteiger partial charge in [-0.3, -0.25) is 9.09 Å². The first-order valence-electron chi connectivity index (χ1n) is 16.2. The van der Waals surface area contributed by atoms with E-state index in [0.717, 1.165) is 22.3 Å². The van der Waals surface area contributed by atoms with E-state index in [-0.39, 0.29) is 13.2 Å². The van der Waals surface area contributed by atoms with Crippen LogP contribution in [0.4, 0.5) is 0 Å².